The Morgan fingerprint density at radius 3 is 2.44 bits per heavy atom. The van der Waals surface area contributed by atoms with Crippen LogP contribution in [0.5, 0.6) is 0 Å². The van der Waals surface area contributed by atoms with E-state index in [-0.39, 0.29) is 5.60 Å². The second-order valence-corrected chi connectivity index (χ2v) is 6.44. The summed E-state index contributed by atoms with van der Waals surface area (Å²) in [7, 11) is 0. The highest BCUT2D eigenvalue weighted by Gasteiger charge is 2.33. The third-order valence-corrected chi connectivity index (χ3v) is 4.79. The van der Waals surface area contributed by atoms with Gasteiger partial charge in [0, 0.05) is 11.9 Å². The minimum Gasteiger partial charge on any atom is -0.374 e. The van der Waals surface area contributed by atoms with E-state index in [9.17, 15) is 0 Å². The Morgan fingerprint density at radius 2 is 1.94 bits per heavy atom. The zero-order chi connectivity index (χ0) is 12.0. The van der Waals surface area contributed by atoms with Crippen molar-refractivity contribution in [3.63, 3.8) is 0 Å². The average Bonchev–Trinajstić information content (AvgIpc) is 2.27. The molecule has 0 aromatic heterocycles. The average molecular weight is 291 g/mol. The van der Waals surface area contributed by atoms with Crippen LogP contribution in [0.25, 0.3) is 0 Å². The molecule has 1 saturated carbocycles. The molecule has 0 unspecified atom stereocenters. The van der Waals surface area contributed by atoms with E-state index in [1.54, 1.807) is 0 Å². The van der Waals surface area contributed by atoms with E-state index in [0.717, 1.165) is 23.8 Å². The van der Waals surface area contributed by atoms with Gasteiger partial charge < -0.3 is 4.74 Å². The van der Waals surface area contributed by atoms with E-state index < -0.39 is 0 Å². The van der Waals surface area contributed by atoms with Crippen molar-refractivity contribution >= 4 is 15.9 Å². The molecule has 0 saturated heterocycles. The summed E-state index contributed by atoms with van der Waals surface area (Å²) < 4.78 is 6.17. The molecular weight excluding hydrogens is 264 g/mol. The first-order valence-corrected chi connectivity index (χ1v) is 7.90. The summed E-state index contributed by atoms with van der Waals surface area (Å²) in [4.78, 5) is 0. The van der Waals surface area contributed by atoms with Crippen LogP contribution in [0.2, 0.25) is 0 Å². The lowest BCUT2D eigenvalue weighted by Gasteiger charge is -2.38. The van der Waals surface area contributed by atoms with E-state index in [1.165, 1.54) is 38.5 Å². The number of halogens is 1. The van der Waals surface area contributed by atoms with Crippen molar-refractivity contribution in [2.45, 2.75) is 64.9 Å². The second-order valence-electron chi connectivity index (χ2n) is 5.88. The molecule has 0 atom stereocenters. The topological polar surface area (TPSA) is 9.23 Å². The van der Waals surface area contributed by atoms with Crippen molar-refractivity contribution in [1.82, 2.24) is 0 Å². The van der Waals surface area contributed by atoms with Gasteiger partial charge in [-0.05, 0) is 50.4 Å². The van der Waals surface area contributed by atoms with E-state index in [2.05, 4.69) is 36.7 Å². The molecule has 1 nitrogen and oxygen atoms in total. The minimum absolute atomic E-state index is 0.156. The summed E-state index contributed by atoms with van der Waals surface area (Å²) in [6.45, 7) is 7.86. The summed E-state index contributed by atoms with van der Waals surface area (Å²) in [5, 5.41) is 1.01. The fourth-order valence-electron chi connectivity index (χ4n) is 2.39. The van der Waals surface area contributed by atoms with E-state index in [4.69, 9.17) is 4.74 Å². The first-order chi connectivity index (χ1) is 7.58. The maximum atomic E-state index is 6.17. The fourth-order valence-corrected chi connectivity index (χ4v) is 3.11. The van der Waals surface area contributed by atoms with Gasteiger partial charge in [0.2, 0.25) is 0 Å². The minimum atomic E-state index is 0.156. The van der Waals surface area contributed by atoms with Crippen molar-refractivity contribution in [2.24, 2.45) is 11.8 Å². The van der Waals surface area contributed by atoms with Gasteiger partial charge in [0.25, 0.3) is 0 Å². The Balaban J connectivity index is 2.25. The Hall–Kier alpha value is 0.440. The smallest absolute Gasteiger partial charge is 0.0779 e. The summed E-state index contributed by atoms with van der Waals surface area (Å²) in [6, 6.07) is 0. The van der Waals surface area contributed by atoms with Crippen LogP contribution in [-0.2, 0) is 4.74 Å². The molecule has 96 valence electrons. The largest absolute Gasteiger partial charge is 0.374 e. The summed E-state index contributed by atoms with van der Waals surface area (Å²) in [6.07, 6.45) is 7.63. The quantitative estimate of drug-likeness (QED) is 0.505. The Labute approximate surface area is 109 Å². The molecule has 0 radical (unpaired) electrons. The maximum absolute atomic E-state index is 6.17. The van der Waals surface area contributed by atoms with Crippen LogP contribution >= 0.6 is 15.9 Å². The number of rotatable bonds is 6. The van der Waals surface area contributed by atoms with Crippen molar-refractivity contribution < 1.29 is 4.74 Å². The van der Waals surface area contributed by atoms with Crippen LogP contribution < -0.4 is 0 Å². The van der Waals surface area contributed by atoms with Gasteiger partial charge in [-0.2, -0.15) is 0 Å². The van der Waals surface area contributed by atoms with Crippen LogP contribution in [-0.4, -0.2) is 17.5 Å². The zero-order valence-corrected chi connectivity index (χ0v) is 12.7. The molecule has 2 heteroatoms. The molecule has 0 bridgehead atoms. The van der Waals surface area contributed by atoms with Crippen molar-refractivity contribution in [3.05, 3.63) is 0 Å². The standard InChI is InChI=1S/C14H27BrO/c1-12(2)5-4-10-16-14(11-15)8-6-13(3)7-9-14/h12-13H,4-11H2,1-3H3. The third kappa shape index (κ3) is 4.75. The number of ether oxygens (including phenoxy) is 1. The molecule has 0 amide bonds. The van der Waals surface area contributed by atoms with Crippen LogP contribution in [0.15, 0.2) is 0 Å². The van der Waals surface area contributed by atoms with Gasteiger partial charge in [0.15, 0.2) is 0 Å². The second kappa shape index (κ2) is 7.00. The normalized spacial score (nSPS) is 30.9. The predicted molar refractivity (Wildman–Crippen MR) is 74.2 cm³/mol. The molecule has 1 aliphatic carbocycles. The van der Waals surface area contributed by atoms with Crippen molar-refractivity contribution in [3.8, 4) is 0 Å². The van der Waals surface area contributed by atoms with E-state index >= 15 is 0 Å². The van der Waals surface area contributed by atoms with Gasteiger partial charge in [-0.25, -0.2) is 0 Å². The van der Waals surface area contributed by atoms with Gasteiger partial charge in [0.1, 0.15) is 0 Å². The Bertz CT molecular complexity index is 183. The van der Waals surface area contributed by atoms with E-state index in [1.807, 2.05) is 0 Å². The molecule has 0 N–H and O–H groups in total. The molecule has 1 aliphatic rings. The zero-order valence-electron chi connectivity index (χ0n) is 11.1. The number of hydrogen-bond donors (Lipinski definition) is 0. The highest BCUT2D eigenvalue weighted by atomic mass is 79.9. The molecule has 0 aromatic rings. The summed E-state index contributed by atoms with van der Waals surface area (Å²) in [5.74, 6) is 1.70. The monoisotopic (exact) mass is 290 g/mol. The van der Waals surface area contributed by atoms with Gasteiger partial charge in [-0.3, -0.25) is 0 Å². The van der Waals surface area contributed by atoms with Crippen LogP contribution in [0, 0.1) is 11.8 Å². The van der Waals surface area contributed by atoms with Gasteiger partial charge in [0.05, 0.1) is 5.60 Å². The van der Waals surface area contributed by atoms with Gasteiger partial charge in [-0.1, -0.05) is 36.7 Å². The number of alkyl halides is 1. The maximum Gasteiger partial charge on any atom is 0.0779 e. The highest BCUT2D eigenvalue weighted by molar-refractivity contribution is 9.09. The lowest BCUT2D eigenvalue weighted by atomic mass is 9.80. The van der Waals surface area contributed by atoms with E-state index in [0.29, 0.717) is 0 Å². The summed E-state index contributed by atoms with van der Waals surface area (Å²) >= 11 is 3.64. The van der Waals surface area contributed by atoms with Gasteiger partial charge >= 0.3 is 0 Å². The van der Waals surface area contributed by atoms with Crippen LogP contribution in [0.1, 0.15) is 59.3 Å². The molecule has 0 spiro atoms. The van der Waals surface area contributed by atoms with Gasteiger partial charge in [-0.15, -0.1) is 0 Å². The SMILES string of the molecule is CC(C)CCCOC1(CBr)CCC(C)CC1. The predicted octanol–water partition coefficient (Wildman–Crippen LogP) is 4.78. The molecule has 1 fully saturated rings. The highest BCUT2D eigenvalue weighted by Crippen LogP contribution is 2.36. The van der Waals surface area contributed by atoms with Crippen LogP contribution in [0.3, 0.4) is 0 Å². The Morgan fingerprint density at radius 1 is 1.31 bits per heavy atom. The molecular formula is C14H27BrO. The molecule has 1 rings (SSSR count). The van der Waals surface area contributed by atoms with Crippen LogP contribution in [0.4, 0.5) is 0 Å². The Kier molecular flexibility index (Phi) is 6.35. The van der Waals surface area contributed by atoms with Crippen molar-refractivity contribution in [1.29, 1.82) is 0 Å². The molecule has 16 heavy (non-hydrogen) atoms. The first kappa shape index (κ1) is 14.5. The third-order valence-electron chi connectivity index (χ3n) is 3.76. The number of hydrogen-bond acceptors (Lipinski definition) is 1. The molecule has 0 aromatic carbocycles. The first-order valence-electron chi connectivity index (χ1n) is 6.78. The summed E-state index contributed by atoms with van der Waals surface area (Å²) in [5.41, 5.74) is 0.156. The lowest BCUT2D eigenvalue weighted by molar-refractivity contribution is -0.0603. The molecule has 0 heterocycles. The fraction of sp³-hybridized carbons (Fsp3) is 1.00. The molecule has 0 aliphatic heterocycles. The lowest BCUT2D eigenvalue weighted by Crippen LogP contribution is -2.38. The van der Waals surface area contributed by atoms with Crippen molar-refractivity contribution in [2.75, 3.05) is 11.9 Å².